The van der Waals surface area contributed by atoms with Crippen LogP contribution < -0.4 is 21.5 Å². The minimum Gasteiger partial charge on any atom is -0.444 e. The Morgan fingerprint density at radius 2 is 1.79 bits per heavy atom. The quantitative estimate of drug-likeness (QED) is 0.572. The van der Waals surface area contributed by atoms with E-state index in [0.717, 1.165) is 0 Å². The van der Waals surface area contributed by atoms with E-state index in [0.29, 0.717) is 11.3 Å². The van der Waals surface area contributed by atoms with Crippen molar-refractivity contribution in [1.82, 2.24) is 20.8 Å². The highest BCUT2D eigenvalue weighted by Gasteiger charge is 2.17. The molecule has 0 saturated carbocycles. The number of benzene rings is 1. The van der Waals surface area contributed by atoms with Crippen molar-refractivity contribution in [3.63, 3.8) is 0 Å². The molecular weight excluding hydrogens is 378 g/mol. The summed E-state index contributed by atoms with van der Waals surface area (Å²) in [7, 11) is 0. The van der Waals surface area contributed by atoms with E-state index in [1.54, 1.807) is 45.0 Å². The van der Waals surface area contributed by atoms with Crippen LogP contribution >= 0.6 is 0 Å². The molecule has 0 aliphatic heterocycles. The summed E-state index contributed by atoms with van der Waals surface area (Å²) in [5, 5.41) is 13.6. The number of H-pyrrole nitrogens is 1. The Morgan fingerprint density at radius 1 is 1.07 bits per heavy atom. The molecular formula is C19H23N5O5. The van der Waals surface area contributed by atoms with E-state index >= 15 is 0 Å². The van der Waals surface area contributed by atoms with Crippen molar-refractivity contribution in [3.8, 4) is 0 Å². The Bertz CT molecular complexity index is 928. The normalized spacial score (nSPS) is 10.7. The molecule has 0 radical (unpaired) electrons. The summed E-state index contributed by atoms with van der Waals surface area (Å²) < 4.78 is 5.06. The highest BCUT2D eigenvalue weighted by Crippen LogP contribution is 2.15. The van der Waals surface area contributed by atoms with Crippen LogP contribution in [0, 0.1) is 0 Å². The zero-order valence-electron chi connectivity index (χ0n) is 16.4. The Balaban J connectivity index is 1.91. The average Bonchev–Trinajstić information content (AvgIpc) is 2.65. The van der Waals surface area contributed by atoms with Crippen LogP contribution in [0.1, 0.15) is 36.8 Å². The van der Waals surface area contributed by atoms with Gasteiger partial charge >= 0.3 is 6.09 Å². The van der Waals surface area contributed by atoms with Gasteiger partial charge in [0.2, 0.25) is 5.91 Å². The third kappa shape index (κ3) is 7.45. The van der Waals surface area contributed by atoms with Gasteiger partial charge in [0.05, 0.1) is 0 Å². The first-order chi connectivity index (χ1) is 13.6. The van der Waals surface area contributed by atoms with Crippen LogP contribution in [0.25, 0.3) is 0 Å². The molecule has 3 amide bonds. The lowest BCUT2D eigenvalue weighted by atomic mass is 10.1. The van der Waals surface area contributed by atoms with E-state index < -0.39 is 29.1 Å². The minimum absolute atomic E-state index is 0.0463. The number of nitrogens with one attached hydrogen (secondary N) is 4. The van der Waals surface area contributed by atoms with Gasteiger partial charge in [0.1, 0.15) is 17.8 Å². The number of hydrogen-bond donors (Lipinski definition) is 4. The molecule has 0 fully saturated rings. The smallest absolute Gasteiger partial charge is 0.408 e. The first-order valence-corrected chi connectivity index (χ1v) is 8.82. The number of hydrogen-bond acceptors (Lipinski definition) is 6. The number of amides is 3. The Morgan fingerprint density at radius 3 is 2.45 bits per heavy atom. The molecule has 0 bridgehead atoms. The predicted octanol–water partition coefficient (Wildman–Crippen LogP) is 1.16. The van der Waals surface area contributed by atoms with E-state index in [1.165, 1.54) is 12.1 Å². The van der Waals surface area contributed by atoms with E-state index in [-0.39, 0.29) is 18.8 Å². The van der Waals surface area contributed by atoms with E-state index in [1.807, 2.05) is 0 Å². The van der Waals surface area contributed by atoms with Gasteiger partial charge in [-0.05, 0) is 38.5 Å². The molecule has 1 aromatic carbocycles. The summed E-state index contributed by atoms with van der Waals surface area (Å²) in [6.45, 7) is 5.05. The number of alkyl carbamates (subject to hydrolysis) is 1. The number of aromatic nitrogens is 2. The SMILES string of the molecule is CC(C)(C)OC(=O)NCC(=O)NCc1ccccc1NC(=O)c1ccc(=O)[nH]n1. The zero-order valence-corrected chi connectivity index (χ0v) is 16.4. The monoisotopic (exact) mass is 401 g/mol. The summed E-state index contributed by atoms with van der Waals surface area (Å²) in [6.07, 6.45) is -0.686. The number of carbonyl (C=O) groups excluding carboxylic acids is 3. The number of rotatable bonds is 6. The Kier molecular flexibility index (Phi) is 7.07. The summed E-state index contributed by atoms with van der Waals surface area (Å²) in [6, 6.07) is 9.40. The number of nitrogens with zero attached hydrogens (tertiary/aromatic N) is 1. The van der Waals surface area contributed by atoms with Crippen LogP contribution in [-0.2, 0) is 16.1 Å². The second-order valence-electron chi connectivity index (χ2n) is 7.05. The lowest BCUT2D eigenvalue weighted by Gasteiger charge is -2.19. The van der Waals surface area contributed by atoms with Crippen LogP contribution in [0.3, 0.4) is 0 Å². The lowest BCUT2D eigenvalue weighted by molar-refractivity contribution is -0.120. The molecule has 0 unspecified atom stereocenters. The summed E-state index contributed by atoms with van der Waals surface area (Å²) >= 11 is 0. The maximum Gasteiger partial charge on any atom is 0.408 e. The molecule has 154 valence electrons. The first kappa shape index (κ1) is 21.6. The Hall–Kier alpha value is -3.69. The largest absolute Gasteiger partial charge is 0.444 e. The number of anilines is 1. The third-order valence-corrected chi connectivity index (χ3v) is 3.45. The minimum atomic E-state index is -0.686. The molecule has 0 atom stereocenters. The molecule has 2 rings (SSSR count). The van der Waals surface area contributed by atoms with Crippen molar-refractivity contribution in [2.45, 2.75) is 32.9 Å². The highest BCUT2D eigenvalue weighted by molar-refractivity contribution is 6.03. The highest BCUT2D eigenvalue weighted by atomic mass is 16.6. The molecule has 29 heavy (non-hydrogen) atoms. The van der Waals surface area contributed by atoms with Crippen LogP contribution in [0.4, 0.5) is 10.5 Å². The molecule has 4 N–H and O–H groups in total. The second kappa shape index (κ2) is 9.49. The van der Waals surface area contributed by atoms with Gasteiger partial charge in [0, 0.05) is 18.3 Å². The zero-order chi connectivity index (χ0) is 21.4. The molecule has 0 aliphatic rings. The fourth-order valence-corrected chi connectivity index (χ4v) is 2.18. The van der Waals surface area contributed by atoms with E-state index in [9.17, 15) is 19.2 Å². The lowest BCUT2D eigenvalue weighted by Crippen LogP contribution is -2.39. The van der Waals surface area contributed by atoms with Crippen molar-refractivity contribution >= 4 is 23.6 Å². The van der Waals surface area contributed by atoms with Crippen molar-refractivity contribution in [2.24, 2.45) is 0 Å². The fourth-order valence-electron chi connectivity index (χ4n) is 2.18. The molecule has 2 aromatic rings. The standard InChI is InChI=1S/C19H23N5O5/c1-19(2,3)29-18(28)21-11-16(26)20-10-12-6-4-5-7-13(12)22-17(27)14-8-9-15(25)24-23-14/h4-9H,10-11H2,1-3H3,(H,20,26)(H,21,28)(H,22,27)(H,24,25). The number of carbonyl (C=O) groups is 3. The summed E-state index contributed by atoms with van der Waals surface area (Å²) in [5.41, 5.74) is 0.106. The average molecular weight is 401 g/mol. The van der Waals surface area contributed by atoms with Gasteiger partial charge < -0.3 is 20.7 Å². The fraction of sp³-hybridized carbons (Fsp3) is 0.316. The Labute approximate surface area is 167 Å². The van der Waals surface area contributed by atoms with Crippen molar-refractivity contribution in [2.75, 3.05) is 11.9 Å². The topological polar surface area (TPSA) is 142 Å². The molecule has 0 aliphatic carbocycles. The summed E-state index contributed by atoms with van der Waals surface area (Å²) in [5.74, 6) is -0.925. The van der Waals surface area contributed by atoms with Crippen LogP contribution in [-0.4, -0.2) is 40.3 Å². The van der Waals surface area contributed by atoms with Crippen molar-refractivity contribution in [1.29, 1.82) is 0 Å². The molecule has 0 spiro atoms. The van der Waals surface area contributed by atoms with Gasteiger partial charge in [-0.3, -0.25) is 14.4 Å². The van der Waals surface area contributed by atoms with Gasteiger partial charge in [0.15, 0.2) is 0 Å². The maximum absolute atomic E-state index is 12.3. The van der Waals surface area contributed by atoms with Gasteiger partial charge in [-0.2, -0.15) is 5.10 Å². The molecule has 10 heteroatoms. The van der Waals surface area contributed by atoms with E-state index in [2.05, 4.69) is 26.1 Å². The summed E-state index contributed by atoms with van der Waals surface area (Å²) in [4.78, 5) is 46.8. The maximum atomic E-state index is 12.3. The van der Waals surface area contributed by atoms with Crippen molar-refractivity contribution < 1.29 is 19.1 Å². The third-order valence-electron chi connectivity index (χ3n) is 3.45. The van der Waals surface area contributed by atoms with E-state index in [4.69, 9.17) is 4.74 Å². The number of ether oxygens (including phenoxy) is 1. The first-order valence-electron chi connectivity index (χ1n) is 8.82. The molecule has 10 nitrogen and oxygen atoms in total. The predicted molar refractivity (Wildman–Crippen MR) is 105 cm³/mol. The van der Waals surface area contributed by atoms with Gasteiger partial charge in [0.25, 0.3) is 11.5 Å². The van der Waals surface area contributed by atoms with Gasteiger partial charge in [-0.25, -0.2) is 9.89 Å². The second-order valence-corrected chi connectivity index (χ2v) is 7.05. The molecule has 1 heterocycles. The number of aromatic amines is 1. The van der Waals surface area contributed by atoms with Crippen LogP contribution in [0.2, 0.25) is 0 Å². The molecule has 1 aromatic heterocycles. The van der Waals surface area contributed by atoms with Gasteiger partial charge in [-0.15, -0.1) is 0 Å². The van der Waals surface area contributed by atoms with Crippen LogP contribution in [0.15, 0.2) is 41.2 Å². The van der Waals surface area contributed by atoms with Gasteiger partial charge in [-0.1, -0.05) is 18.2 Å². The molecule has 0 saturated heterocycles. The van der Waals surface area contributed by atoms with Crippen molar-refractivity contribution in [3.05, 3.63) is 58.0 Å². The van der Waals surface area contributed by atoms with Crippen LogP contribution in [0.5, 0.6) is 0 Å². The number of para-hydroxylation sites is 1.